The number of ether oxygens (including phenoxy) is 1. The molecule has 0 unspecified atom stereocenters. The second kappa shape index (κ2) is 10.7. The van der Waals surface area contributed by atoms with E-state index in [1.165, 1.54) is 54.5 Å². The van der Waals surface area contributed by atoms with Crippen molar-refractivity contribution in [3.8, 4) is 18.1 Å². The Morgan fingerprint density at radius 2 is 1.88 bits per heavy atom. The van der Waals surface area contributed by atoms with Gasteiger partial charge in [0.05, 0.1) is 6.54 Å². The van der Waals surface area contributed by atoms with Gasteiger partial charge in [-0.3, -0.25) is 9.80 Å². The second-order valence-corrected chi connectivity index (χ2v) is 9.11. The number of piperidine rings is 1. The van der Waals surface area contributed by atoms with Crippen molar-refractivity contribution in [3.05, 3.63) is 65.9 Å². The quantitative estimate of drug-likeness (QED) is 0.465. The van der Waals surface area contributed by atoms with Gasteiger partial charge in [-0.15, -0.1) is 6.42 Å². The number of aryl methyl sites for hydroxylation is 1. The molecule has 168 valence electrons. The zero-order valence-corrected chi connectivity index (χ0v) is 19.5. The predicted octanol–water partition coefficient (Wildman–Crippen LogP) is 4.58. The lowest BCUT2D eigenvalue weighted by Gasteiger charge is -2.31. The highest BCUT2D eigenvalue weighted by Crippen LogP contribution is 2.25. The minimum Gasteiger partial charge on any atom is -0.492 e. The second-order valence-electron chi connectivity index (χ2n) is 9.11. The van der Waals surface area contributed by atoms with Crippen LogP contribution >= 0.6 is 0 Å². The van der Waals surface area contributed by atoms with Crippen LogP contribution in [0, 0.1) is 18.3 Å². The van der Waals surface area contributed by atoms with Crippen LogP contribution in [0.5, 0.6) is 5.75 Å². The molecule has 0 N–H and O–H groups in total. The number of likely N-dealkylation sites (tertiary alicyclic amines) is 1. The number of fused-ring (bicyclic) bond motifs is 1. The van der Waals surface area contributed by atoms with E-state index in [2.05, 4.69) is 89.0 Å². The van der Waals surface area contributed by atoms with Gasteiger partial charge in [-0.2, -0.15) is 0 Å². The zero-order valence-electron chi connectivity index (χ0n) is 19.5. The predicted molar refractivity (Wildman–Crippen MR) is 133 cm³/mol. The number of benzene rings is 2. The van der Waals surface area contributed by atoms with Gasteiger partial charge in [0, 0.05) is 36.7 Å². The topological polar surface area (TPSA) is 20.6 Å². The molecule has 4 rings (SSSR count). The Balaban J connectivity index is 1.24. The molecule has 0 aliphatic carbocycles. The standard InChI is InChI=1S/C28H35N3O/c1-4-14-29(2)22-26-20-25-21-27(10-11-28(25)30(26)3)32-18-17-31-15-12-24(13-16-31)19-23-8-6-5-7-9-23/h1,5-11,20-21,24H,12-19,22H2,2-3H3. The molecule has 1 aliphatic rings. The summed E-state index contributed by atoms with van der Waals surface area (Å²) in [5.74, 6) is 4.46. The lowest BCUT2D eigenvalue weighted by molar-refractivity contribution is 0.155. The highest BCUT2D eigenvalue weighted by molar-refractivity contribution is 5.82. The first kappa shape index (κ1) is 22.5. The molecule has 2 aromatic carbocycles. The summed E-state index contributed by atoms with van der Waals surface area (Å²) in [4.78, 5) is 4.69. The molecule has 0 saturated carbocycles. The number of hydrogen-bond acceptors (Lipinski definition) is 3. The number of nitrogens with zero attached hydrogens (tertiary/aromatic N) is 3. The molecule has 0 atom stereocenters. The summed E-state index contributed by atoms with van der Waals surface area (Å²) in [6.07, 6.45) is 9.21. The fraction of sp³-hybridized carbons (Fsp3) is 0.429. The maximum Gasteiger partial charge on any atom is 0.120 e. The van der Waals surface area contributed by atoms with Gasteiger partial charge in [0.2, 0.25) is 0 Å². The smallest absolute Gasteiger partial charge is 0.120 e. The lowest BCUT2D eigenvalue weighted by Crippen LogP contribution is -2.37. The van der Waals surface area contributed by atoms with Crippen molar-refractivity contribution in [2.45, 2.75) is 25.8 Å². The number of hydrogen-bond donors (Lipinski definition) is 0. The third-order valence-corrected chi connectivity index (χ3v) is 6.66. The molecule has 2 heterocycles. The minimum absolute atomic E-state index is 0.652. The first-order chi connectivity index (χ1) is 15.6. The van der Waals surface area contributed by atoms with Crippen molar-refractivity contribution < 1.29 is 4.74 Å². The molecule has 1 saturated heterocycles. The van der Waals surface area contributed by atoms with E-state index in [1.807, 2.05) is 0 Å². The van der Waals surface area contributed by atoms with Crippen molar-refractivity contribution in [3.63, 3.8) is 0 Å². The van der Waals surface area contributed by atoms with Crippen molar-refractivity contribution in [1.29, 1.82) is 0 Å². The Kier molecular flexibility index (Phi) is 7.52. The average molecular weight is 430 g/mol. The molecule has 1 fully saturated rings. The van der Waals surface area contributed by atoms with E-state index in [0.29, 0.717) is 6.54 Å². The van der Waals surface area contributed by atoms with E-state index in [9.17, 15) is 0 Å². The maximum atomic E-state index is 6.12. The minimum atomic E-state index is 0.652. The van der Waals surface area contributed by atoms with Crippen molar-refractivity contribution in [1.82, 2.24) is 14.4 Å². The van der Waals surface area contributed by atoms with Gasteiger partial charge in [-0.05, 0) is 75.1 Å². The molecule has 4 heteroatoms. The Morgan fingerprint density at radius 1 is 1.09 bits per heavy atom. The normalized spacial score (nSPS) is 15.3. The molecule has 4 nitrogen and oxygen atoms in total. The van der Waals surface area contributed by atoms with Crippen molar-refractivity contribution in [2.75, 3.05) is 39.8 Å². The monoisotopic (exact) mass is 429 g/mol. The maximum absolute atomic E-state index is 6.12. The highest BCUT2D eigenvalue weighted by atomic mass is 16.5. The fourth-order valence-corrected chi connectivity index (χ4v) is 4.77. The molecule has 0 spiro atoms. The van der Waals surface area contributed by atoms with E-state index in [4.69, 9.17) is 11.2 Å². The Bertz CT molecular complexity index is 1040. The molecule has 1 aliphatic heterocycles. The Hall–Kier alpha value is -2.74. The first-order valence-electron chi connectivity index (χ1n) is 11.7. The molecule has 32 heavy (non-hydrogen) atoms. The van der Waals surface area contributed by atoms with Crippen LogP contribution in [-0.4, -0.2) is 54.2 Å². The molecule has 1 aromatic heterocycles. The van der Waals surface area contributed by atoms with Gasteiger partial charge in [-0.1, -0.05) is 36.3 Å². The summed E-state index contributed by atoms with van der Waals surface area (Å²) in [5.41, 5.74) is 3.95. The third kappa shape index (κ3) is 5.73. The van der Waals surface area contributed by atoms with Crippen LogP contribution in [-0.2, 0) is 20.0 Å². The zero-order chi connectivity index (χ0) is 22.3. The van der Waals surface area contributed by atoms with E-state index in [0.717, 1.165) is 31.4 Å². The number of rotatable bonds is 9. The summed E-state index contributed by atoms with van der Waals surface area (Å²) in [5, 5.41) is 1.22. The van der Waals surface area contributed by atoms with Gasteiger partial charge in [0.15, 0.2) is 0 Å². The molecular formula is C28H35N3O. The van der Waals surface area contributed by atoms with E-state index < -0.39 is 0 Å². The summed E-state index contributed by atoms with van der Waals surface area (Å²) in [7, 11) is 4.17. The summed E-state index contributed by atoms with van der Waals surface area (Å²) in [6, 6.07) is 19.5. The Labute approximate surface area is 192 Å². The van der Waals surface area contributed by atoms with E-state index in [1.54, 1.807) is 0 Å². The largest absolute Gasteiger partial charge is 0.492 e. The van der Waals surface area contributed by atoms with Gasteiger partial charge in [0.1, 0.15) is 12.4 Å². The van der Waals surface area contributed by atoms with Gasteiger partial charge < -0.3 is 9.30 Å². The Morgan fingerprint density at radius 3 is 2.62 bits per heavy atom. The number of terminal acetylenes is 1. The van der Waals surface area contributed by atoms with Crippen LogP contribution in [0.15, 0.2) is 54.6 Å². The summed E-state index contributed by atoms with van der Waals surface area (Å²) in [6.45, 7) is 5.57. The molecule has 3 aromatic rings. The van der Waals surface area contributed by atoms with Crippen molar-refractivity contribution >= 4 is 10.9 Å². The molecule has 0 bridgehead atoms. The SMILES string of the molecule is C#CCN(C)Cc1cc2cc(OCCN3CCC(Cc4ccccc4)CC3)ccc2n1C. The molecule has 0 radical (unpaired) electrons. The van der Waals surface area contributed by atoms with Crippen LogP contribution < -0.4 is 4.74 Å². The van der Waals surface area contributed by atoms with Crippen LogP contribution in [0.4, 0.5) is 0 Å². The average Bonchev–Trinajstić information content (AvgIpc) is 3.10. The van der Waals surface area contributed by atoms with Gasteiger partial charge in [0.25, 0.3) is 0 Å². The van der Waals surface area contributed by atoms with Crippen LogP contribution in [0.3, 0.4) is 0 Å². The van der Waals surface area contributed by atoms with Gasteiger partial charge >= 0.3 is 0 Å². The lowest BCUT2D eigenvalue weighted by atomic mass is 9.90. The van der Waals surface area contributed by atoms with Gasteiger partial charge in [-0.25, -0.2) is 0 Å². The molecule has 0 amide bonds. The van der Waals surface area contributed by atoms with Crippen molar-refractivity contribution in [2.24, 2.45) is 13.0 Å². The van der Waals surface area contributed by atoms with E-state index >= 15 is 0 Å². The van der Waals surface area contributed by atoms with Crippen LogP contribution in [0.2, 0.25) is 0 Å². The van der Waals surface area contributed by atoms with Crippen LogP contribution in [0.1, 0.15) is 24.1 Å². The van der Waals surface area contributed by atoms with E-state index in [-0.39, 0.29) is 0 Å². The summed E-state index contributed by atoms with van der Waals surface area (Å²) >= 11 is 0. The fourth-order valence-electron chi connectivity index (χ4n) is 4.77. The third-order valence-electron chi connectivity index (χ3n) is 6.66. The summed E-state index contributed by atoms with van der Waals surface area (Å²) < 4.78 is 8.36. The highest BCUT2D eigenvalue weighted by Gasteiger charge is 2.19. The number of aromatic nitrogens is 1. The first-order valence-corrected chi connectivity index (χ1v) is 11.7. The van der Waals surface area contributed by atoms with Crippen LogP contribution in [0.25, 0.3) is 10.9 Å². The molecular weight excluding hydrogens is 394 g/mol.